The topological polar surface area (TPSA) is 660 Å². The molecule has 722 valence electrons. The third-order valence-corrected chi connectivity index (χ3v) is 23.5. The van der Waals surface area contributed by atoms with Gasteiger partial charge in [-0.25, -0.2) is 0 Å². The standard InChI is InChI=1S/C93H138N28O12/c94-86(95)104-46-18-26-72-82(130)116-74(54-64-30-36-66-22-8-10-24-68(66)52-64)80(128)112-58-78(126)118-92(60-122,56-62-32-38-70(124)39-33-62)120(76(84(132)114-72)28-20-48-106-88(98)99)50-16-6-4-14-44-110-90(102)108-42-12-2-1-3-13-43-109-91(103)111-45-15-5-7-17-51-121-77(29-21-49-107-89(100)101)85(133)115-73(27-19-47-105-87(96)97)83(131)117-75(55-65-31-37-67-23-9-11-25-69(67)53-65)81(129)113-59-79(127)119-93(121,61-123)57-63-34-40-71(125)41-35-63/h8-11,22-25,30-41,52-53,60-61,72-77,84,114,124-125,132H,1-7,12-21,26-29,42-51,54-59H2,(H,112,128)(H,113,129)(H,115,133)(H,116,130)(H,117,131)(H,118,126)(H,119,127)(H4,94,95,104)(H4,96,97,105)(H4,98,99,106)(H4,100,101,107)(H3,102,108,110)(H3,103,109,111). The van der Waals surface area contributed by atoms with E-state index in [1.165, 1.54) is 24.3 Å². The molecule has 2 aliphatic rings. The molecule has 0 radical (unpaired) electrons. The Morgan fingerprint density at radius 3 is 1.13 bits per heavy atom. The molecule has 2 aliphatic heterocycles. The maximum Gasteiger partial charge on any atom is 0.243 e. The van der Waals surface area contributed by atoms with E-state index in [1.807, 2.05) is 84.9 Å². The van der Waals surface area contributed by atoms with Crippen LogP contribution in [-0.4, -0.2) is 247 Å². The fraction of sp³-hybridized carbons (Fsp3) is 0.495. The highest BCUT2D eigenvalue weighted by atomic mass is 16.3. The second kappa shape index (κ2) is 55.6. The molecule has 6 aromatic carbocycles. The number of benzene rings is 6. The van der Waals surface area contributed by atoms with Crippen LogP contribution in [-0.2, 0) is 68.8 Å². The lowest BCUT2D eigenvalue weighted by molar-refractivity contribution is -0.143. The maximum atomic E-state index is 15.3. The summed E-state index contributed by atoms with van der Waals surface area (Å²) < 4.78 is 0. The summed E-state index contributed by atoms with van der Waals surface area (Å²) in [6.07, 6.45) is 9.56. The van der Waals surface area contributed by atoms with E-state index in [4.69, 9.17) is 55.4 Å². The summed E-state index contributed by atoms with van der Waals surface area (Å²) in [6.45, 7) is 1.71. The van der Waals surface area contributed by atoms with Crippen LogP contribution in [0, 0.1) is 32.5 Å². The van der Waals surface area contributed by atoms with Gasteiger partial charge < -0.3 is 118 Å². The van der Waals surface area contributed by atoms with Crippen molar-refractivity contribution >= 4 is 111 Å². The summed E-state index contributed by atoms with van der Waals surface area (Å²) in [5, 5.41) is 132. The molecular weight excluding hydrogens is 1700 g/mol. The van der Waals surface area contributed by atoms with Gasteiger partial charge in [-0.05, 0) is 158 Å². The monoisotopic (exact) mass is 1840 g/mol. The third-order valence-electron chi connectivity index (χ3n) is 23.5. The maximum absolute atomic E-state index is 15.3. The highest BCUT2D eigenvalue weighted by Crippen LogP contribution is 2.30. The molecule has 0 bridgehead atoms. The largest absolute Gasteiger partial charge is 0.508 e. The van der Waals surface area contributed by atoms with Crippen LogP contribution in [0.4, 0.5) is 0 Å². The number of carbonyl (C=O) groups is 9. The molecule has 9 atom stereocenters. The van der Waals surface area contributed by atoms with Crippen LogP contribution in [0.15, 0.2) is 133 Å². The van der Waals surface area contributed by atoms with Crippen LogP contribution in [0.5, 0.6) is 11.5 Å². The van der Waals surface area contributed by atoms with Crippen molar-refractivity contribution in [3.8, 4) is 11.5 Å². The van der Waals surface area contributed by atoms with Crippen molar-refractivity contribution in [3.63, 3.8) is 0 Å². The van der Waals surface area contributed by atoms with Gasteiger partial charge in [0.2, 0.25) is 41.4 Å². The van der Waals surface area contributed by atoms with Crippen molar-refractivity contribution < 1.29 is 58.5 Å². The number of hydrogen-bond donors (Lipinski definition) is 29. The second-order valence-electron chi connectivity index (χ2n) is 33.9. The quantitative estimate of drug-likeness (QED) is 0.0111. The number of hydrogen-bond acceptors (Lipinski definition) is 21. The Kier molecular flexibility index (Phi) is 43.9. The molecule has 40 heteroatoms. The van der Waals surface area contributed by atoms with Crippen LogP contribution in [0.1, 0.15) is 157 Å². The van der Waals surface area contributed by atoms with Gasteiger partial charge in [-0.1, -0.05) is 154 Å². The van der Waals surface area contributed by atoms with Gasteiger partial charge in [-0.3, -0.25) is 90.7 Å². The smallest absolute Gasteiger partial charge is 0.243 e. The van der Waals surface area contributed by atoms with E-state index in [9.17, 15) is 53.7 Å². The Morgan fingerprint density at radius 2 is 0.714 bits per heavy atom. The van der Waals surface area contributed by atoms with Crippen molar-refractivity contribution in [1.82, 2.24) is 94.9 Å². The molecule has 40 nitrogen and oxygen atoms in total. The molecule has 6 aromatic rings. The lowest BCUT2D eigenvalue weighted by Gasteiger charge is -2.47. The van der Waals surface area contributed by atoms with E-state index >= 15 is 4.79 Å². The Morgan fingerprint density at radius 1 is 0.376 bits per heavy atom. The number of fused-ring (bicyclic) bond motifs is 2. The zero-order valence-corrected chi connectivity index (χ0v) is 75.8. The first-order valence-corrected chi connectivity index (χ1v) is 46.0. The summed E-state index contributed by atoms with van der Waals surface area (Å²) in [6, 6.07) is 31.7. The van der Waals surface area contributed by atoms with Gasteiger partial charge in [0.15, 0.2) is 59.7 Å². The van der Waals surface area contributed by atoms with Gasteiger partial charge in [0.05, 0.1) is 31.2 Å². The summed E-state index contributed by atoms with van der Waals surface area (Å²) in [4.78, 5) is 134. The number of aliphatic hydroxyl groups excluding tert-OH is 1. The van der Waals surface area contributed by atoms with E-state index in [-0.39, 0.29) is 164 Å². The fourth-order valence-electron chi connectivity index (χ4n) is 16.6. The Bertz CT molecular complexity index is 4840. The minimum absolute atomic E-state index is 0.00531. The van der Waals surface area contributed by atoms with E-state index in [2.05, 4.69) is 85.1 Å². The molecule has 0 spiro atoms. The van der Waals surface area contributed by atoms with E-state index in [0.717, 1.165) is 59.2 Å². The van der Waals surface area contributed by atoms with Crippen LogP contribution >= 0.6 is 0 Å². The molecule has 33 N–H and O–H groups in total. The number of aromatic hydroxyl groups is 2. The van der Waals surface area contributed by atoms with Gasteiger partial charge in [-0.2, -0.15) is 0 Å². The number of amides is 7. The first-order chi connectivity index (χ1) is 64.0. The molecule has 7 amide bonds. The molecule has 0 saturated carbocycles. The van der Waals surface area contributed by atoms with Gasteiger partial charge in [-0.15, -0.1) is 0 Å². The van der Waals surface area contributed by atoms with Crippen LogP contribution in [0.25, 0.3) is 21.5 Å². The number of rotatable bonds is 48. The molecule has 2 saturated heterocycles. The SMILES string of the molecule is N=C(N)NCCCC1NC(=O)C(CCCNC(=N)N)N(CCCCCCNC(=N)NCCCCCCCNC(=N)NCCCCCCN2C(CCCNC(=N)N)C(O)NC(CCCNC(=N)N)C(=O)NC(Cc3ccc4ccccc4c3)C(=O)NCC(=O)NC2(C=O)Cc2ccc(O)cc2)C(C=O)(Cc2ccc(O)cc2)NC(=O)CNC(=O)C(Cc2ccc3ccccc3c2)NC1=O. The van der Waals surface area contributed by atoms with E-state index in [0.29, 0.717) is 107 Å². The summed E-state index contributed by atoms with van der Waals surface area (Å²) in [5.41, 5.74) is 21.2. The third kappa shape index (κ3) is 36.3. The molecule has 133 heavy (non-hydrogen) atoms. The molecular formula is C93H138N28O12. The number of unbranched alkanes of at least 4 members (excludes halogenated alkanes) is 10. The van der Waals surface area contributed by atoms with Crippen LogP contribution in [0.2, 0.25) is 0 Å². The fourth-order valence-corrected chi connectivity index (χ4v) is 16.6. The summed E-state index contributed by atoms with van der Waals surface area (Å²) in [7, 11) is 0. The summed E-state index contributed by atoms with van der Waals surface area (Å²) >= 11 is 0. The van der Waals surface area contributed by atoms with Crippen molar-refractivity contribution in [2.75, 3.05) is 78.5 Å². The Hall–Kier alpha value is -13.5. The van der Waals surface area contributed by atoms with Crippen LogP contribution < -0.4 is 108 Å². The molecule has 8 rings (SSSR count). The number of nitrogens with one attached hydrogen (secondary N) is 22. The molecule has 2 heterocycles. The average molecular weight is 1840 g/mol. The Balaban J connectivity index is 0.810. The highest BCUT2D eigenvalue weighted by molar-refractivity contribution is 5.97. The van der Waals surface area contributed by atoms with Gasteiger partial charge in [0.1, 0.15) is 35.9 Å². The number of phenolic OH excluding ortho intramolecular Hbond substituents is 2. The van der Waals surface area contributed by atoms with Gasteiger partial charge in [0.25, 0.3) is 0 Å². The van der Waals surface area contributed by atoms with E-state index < -0.39 is 108 Å². The van der Waals surface area contributed by atoms with Crippen molar-refractivity contribution in [2.24, 2.45) is 22.9 Å². The number of nitrogens with zero attached hydrogens (tertiary/aromatic N) is 2. The van der Waals surface area contributed by atoms with Crippen LogP contribution in [0.3, 0.4) is 0 Å². The second-order valence-corrected chi connectivity index (χ2v) is 33.9. The zero-order chi connectivity index (χ0) is 95.9. The Labute approximate surface area is 776 Å². The minimum atomic E-state index is -1.98. The average Bonchev–Trinajstić information content (AvgIpc) is 0.778. The minimum Gasteiger partial charge on any atom is -0.508 e. The highest BCUT2D eigenvalue weighted by Gasteiger charge is 2.48. The van der Waals surface area contributed by atoms with E-state index in [1.54, 1.807) is 34.1 Å². The number of nitrogens with two attached hydrogens (primary N) is 4. The molecule has 0 aromatic heterocycles. The number of carbonyl (C=O) groups excluding carboxylic acids is 9. The van der Waals surface area contributed by atoms with Gasteiger partial charge >= 0.3 is 0 Å². The number of guanidine groups is 6. The predicted molar refractivity (Wildman–Crippen MR) is 513 cm³/mol. The first-order valence-electron chi connectivity index (χ1n) is 46.0. The normalized spacial score (nSPS) is 20.2. The summed E-state index contributed by atoms with van der Waals surface area (Å²) in [5.74, 6) is -5.81. The first kappa shape index (κ1) is 105. The van der Waals surface area contributed by atoms with Crippen molar-refractivity contribution in [1.29, 1.82) is 32.5 Å². The number of phenols is 2. The number of aldehydes is 2. The number of aliphatic hydroxyl groups is 1. The molecule has 9 unspecified atom stereocenters. The van der Waals surface area contributed by atoms with Gasteiger partial charge in [0, 0.05) is 91.1 Å². The lowest BCUT2D eigenvalue weighted by Crippen LogP contribution is -2.70. The molecule has 0 aliphatic carbocycles. The lowest BCUT2D eigenvalue weighted by atomic mass is 9.93. The zero-order valence-electron chi connectivity index (χ0n) is 75.8. The van der Waals surface area contributed by atoms with Crippen molar-refractivity contribution in [2.45, 2.75) is 214 Å². The van der Waals surface area contributed by atoms with Crippen molar-refractivity contribution in [3.05, 3.63) is 156 Å². The predicted octanol–water partition coefficient (Wildman–Crippen LogP) is 1.38. The molecule has 2 fully saturated rings.